The monoisotopic (exact) mass is 114 g/mol. The summed E-state index contributed by atoms with van der Waals surface area (Å²) >= 11 is 3.89. The Balaban J connectivity index is -0.00000000167. The van der Waals surface area contributed by atoms with Crippen LogP contribution in [0.1, 0.15) is 1.43 Å². The summed E-state index contributed by atoms with van der Waals surface area (Å²) in [6, 6.07) is 0. The zero-order valence-corrected chi connectivity index (χ0v) is 5.72. The van der Waals surface area contributed by atoms with Crippen LogP contribution in [0.5, 0.6) is 0 Å². The number of rotatable bonds is 0. The predicted molar refractivity (Wildman–Crippen MR) is 24.4 cm³/mol. The van der Waals surface area contributed by atoms with Gasteiger partial charge in [0.05, 0.1) is 0 Å². The van der Waals surface area contributed by atoms with Gasteiger partial charge in [-0.15, -0.1) is 11.6 Å². The summed E-state index contributed by atoms with van der Waals surface area (Å²) in [4.78, 5) is 0. The predicted octanol–water partition coefficient (Wildman–Crippen LogP) is -3.80. The van der Waals surface area contributed by atoms with E-state index in [1.807, 2.05) is 0 Å². The van der Waals surface area contributed by atoms with E-state index in [4.69, 9.17) is 0 Å². The maximum Gasteiger partial charge on any atom is 1.00 e. The van der Waals surface area contributed by atoms with Gasteiger partial charge < -0.3 is 1.43 Å². The van der Waals surface area contributed by atoms with Crippen LogP contribution < -0.4 is 29.6 Å². The third-order valence-corrected chi connectivity index (χ3v) is 0. The molecule has 0 bridgehead atoms. The normalized spacial score (nSPS) is 1.00. The first-order chi connectivity index (χ1) is 1.00. The number of hydrogen-bond acceptors (Lipinski definition) is 1. The quantitative estimate of drug-likeness (QED) is 0.291. The molecule has 0 aliphatic carbocycles. The molecule has 4 heteroatoms. The Morgan fingerprint density at radius 1 is 1.50 bits per heavy atom. The smallest absolute Gasteiger partial charge is 1.00 e. The Labute approximate surface area is 68.2 Å². The van der Waals surface area contributed by atoms with Gasteiger partial charge in [0, 0.05) is 0 Å². The van der Waals surface area contributed by atoms with E-state index in [1.54, 1.807) is 0 Å². The molecule has 0 spiro atoms. The van der Waals surface area contributed by atoms with Gasteiger partial charge in [-0.2, -0.15) is 0 Å². The molecule has 0 aromatic carbocycles. The summed E-state index contributed by atoms with van der Waals surface area (Å²) in [6.07, 6.45) is 0. The summed E-state index contributed by atoms with van der Waals surface area (Å²) < 4.78 is 0. The fraction of sp³-hybridized carbons (Fsp3) is 0. The molecule has 2 radical (unpaired) electrons. The third-order valence-electron chi connectivity index (χ3n) is 0. The van der Waals surface area contributed by atoms with Crippen molar-refractivity contribution in [3.8, 4) is 0 Å². The molecule has 0 saturated carbocycles. The summed E-state index contributed by atoms with van der Waals surface area (Å²) in [5, 5.41) is 0. The largest absolute Gasteiger partial charge is 1.00 e. The standard InChI is InChI=1S/Al.Na.SSi.4H/c;;1-2;;;;/q;+1;;;;;-1. The molecule has 0 N–H and O–H groups in total. The van der Waals surface area contributed by atoms with Crippen LogP contribution in [0.15, 0.2) is 0 Å². The van der Waals surface area contributed by atoms with Crippen molar-refractivity contribution < 1.29 is 31.0 Å². The van der Waals surface area contributed by atoms with Crippen LogP contribution in [-0.4, -0.2) is 26.3 Å². The SMILES string of the molecule is [AlH3].[H-].[Na+].[Si]=S. The van der Waals surface area contributed by atoms with Crippen LogP contribution in [0.4, 0.5) is 0 Å². The average Bonchev–Trinajstić information content (AvgIpc) is 1.00. The first-order valence-corrected chi connectivity index (χ1v) is 1.84. The Bertz CT molecular complexity index is 11.6. The molecule has 0 fully saturated rings. The maximum absolute atomic E-state index is 3.89. The van der Waals surface area contributed by atoms with E-state index in [0.717, 1.165) is 0 Å². The van der Waals surface area contributed by atoms with Crippen molar-refractivity contribution in [3.63, 3.8) is 0 Å². The Morgan fingerprint density at radius 2 is 1.50 bits per heavy atom. The first kappa shape index (κ1) is 16.7. The van der Waals surface area contributed by atoms with E-state index < -0.39 is 0 Å². The minimum atomic E-state index is 0. The molecule has 0 unspecified atom stereocenters. The van der Waals surface area contributed by atoms with Crippen LogP contribution >= 0.6 is 11.6 Å². The summed E-state index contributed by atoms with van der Waals surface area (Å²) in [5.74, 6) is 0. The maximum atomic E-state index is 3.89. The molecule has 0 atom stereocenters. The van der Waals surface area contributed by atoms with Gasteiger partial charge in [-0.25, -0.2) is 0 Å². The summed E-state index contributed by atoms with van der Waals surface area (Å²) in [5.41, 5.74) is 0. The Morgan fingerprint density at radius 3 is 1.50 bits per heavy atom. The fourth-order valence-corrected chi connectivity index (χ4v) is 0. The van der Waals surface area contributed by atoms with Gasteiger partial charge in [0.25, 0.3) is 0 Å². The van der Waals surface area contributed by atoms with Gasteiger partial charge in [-0.3, -0.25) is 0 Å². The molecule has 0 aliphatic rings. The van der Waals surface area contributed by atoms with Crippen molar-refractivity contribution in [2.75, 3.05) is 0 Å². The van der Waals surface area contributed by atoms with E-state index in [-0.39, 0.29) is 48.3 Å². The fourth-order valence-electron chi connectivity index (χ4n) is 0. The molecule has 0 aromatic rings. The molecular formula is H4AlNaSSi. The van der Waals surface area contributed by atoms with Crippen molar-refractivity contribution in [2.24, 2.45) is 0 Å². The van der Waals surface area contributed by atoms with Crippen LogP contribution in [0, 0.1) is 0 Å². The molecular weight excluding hydrogens is 110 g/mol. The van der Waals surface area contributed by atoms with Crippen LogP contribution in [0.2, 0.25) is 0 Å². The van der Waals surface area contributed by atoms with Crippen LogP contribution in [0.3, 0.4) is 0 Å². The molecule has 0 aliphatic heterocycles. The topological polar surface area (TPSA) is 0 Å². The van der Waals surface area contributed by atoms with Gasteiger partial charge in [0.1, 0.15) is 8.95 Å². The van der Waals surface area contributed by atoms with E-state index in [1.165, 1.54) is 0 Å². The average molecular weight is 114 g/mol. The summed E-state index contributed by atoms with van der Waals surface area (Å²) in [6.45, 7) is 0. The van der Waals surface area contributed by atoms with Gasteiger partial charge in [0.15, 0.2) is 17.4 Å². The van der Waals surface area contributed by atoms with Gasteiger partial charge in [-0.1, -0.05) is 0 Å². The Kier molecular flexibility index (Phi) is 84.4. The zero-order chi connectivity index (χ0) is 2.00. The van der Waals surface area contributed by atoms with Crippen LogP contribution in [-0.2, 0) is 0 Å². The minimum Gasteiger partial charge on any atom is -1.00 e. The Hall–Kier alpha value is 1.97. The zero-order valence-electron chi connectivity index (χ0n) is 2.91. The van der Waals surface area contributed by atoms with Crippen molar-refractivity contribution >= 4 is 37.9 Å². The molecule has 0 nitrogen and oxygen atoms in total. The molecule has 0 saturated heterocycles. The molecule has 4 heavy (non-hydrogen) atoms. The van der Waals surface area contributed by atoms with E-state index >= 15 is 0 Å². The number of hydrogen-bond donors (Lipinski definition) is 0. The van der Waals surface area contributed by atoms with Crippen molar-refractivity contribution in [3.05, 3.63) is 0 Å². The van der Waals surface area contributed by atoms with E-state index in [0.29, 0.717) is 0 Å². The van der Waals surface area contributed by atoms with Crippen LogP contribution in [0.25, 0.3) is 0 Å². The minimum absolute atomic E-state index is 0. The van der Waals surface area contributed by atoms with Crippen molar-refractivity contribution in [1.29, 1.82) is 0 Å². The molecule has 0 aromatic heterocycles. The van der Waals surface area contributed by atoms with Gasteiger partial charge in [-0.05, 0) is 0 Å². The van der Waals surface area contributed by atoms with E-state index in [2.05, 4.69) is 20.6 Å². The van der Waals surface area contributed by atoms with Gasteiger partial charge in [0.2, 0.25) is 0 Å². The summed E-state index contributed by atoms with van der Waals surface area (Å²) in [7, 11) is 2.56. The van der Waals surface area contributed by atoms with Gasteiger partial charge >= 0.3 is 29.6 Å². The second kappa shape index (κ2) is 20.2. The molecule has 0 heterocycles. The van der Waals surface area contributed by atoms with E-state index in [9.17, 15) is 0 Å². The second-order valence-electron chi connectivity index (χ2n) is 0. The molecule has 0 rings (SSSR count). The van der Waals surface area contributed by atoms with Crippen molar-refractivity contribution in [2.45, 2.75) is 0 Å². The molecule has 18 valence electrons. The third kappa shape index (κ3) is 9.02. The first-order valence-electron chi connectivity index (χ1n) is 0.204. The molecule has 0 amide bonds. The second-order valence-corrected chi connectivity index (χ2v) is 0. The van der Waals surface area contributed by atoms with Crippen molar-refractivity contribution in [1.82, 2.24) is 0 Å².